The van der Waals surface area contributed by atoms with Crippen LogP contribution in [-0.4, -0.2) is 54.1 Å². The van der Waals surface area contributed by atoms with E-state index < -0.39 is 23.4 Å². The third-order valence-electron chi connectivity index (χ3n) is 6.17. The first-order valence-corrected chi connectivity index (χ1v) is 12.0. The average Bonchev–Trinajstić information content (AvgIpc) is 3.27. The molecule has 0 aliphatic carbocycles. The quantitative estimate of drug-likeness (QED) is 0.330. The first kappa shape index (κ1) is 28.0. The van der Waals surface area contributed by atoms with Crippen molar-refractivity contribution in [3.8, 4) is 28.7 Å². The molecular formula is C28H36O9. The van der Waals surface area contributed by atoms with Crippen LogP contribution >= 0.6 is 0 Å². The zero-order valence-corrected chi connectivity index (χ0v) is 22.8. The maximum Gasteiger partial charge on any atom is 0.317 e. The van der Waals surface area contributed by atoms with E-state index in [2.05, 4.69) is 0 Å². The summed E-state index contributed by atoms with van der Waals surface area (Å²) in [4.78, 5) is 25.1. The maximum atomic E-state index is 13.0. The summed E-state index contributed by atoms with van der Waals surface area (Å²) in [5, 5.41) is 0. The summed E-state index contributed by atoms with van der Waals surface area (Å²) < 4.78 is 38.9. The van der Waals surface area contributed by atoms with E-state index in [1.807, 2.05) is 32.9 Å². The molecular weight excluding hydrogens is 480 g/mol. The topological polar surface area (TPSA) is 98.8 Å². The minimum Gasteiger partial charge on any atom is -0.493 e. The average molecular weight is 517 g/mol. The van der Waals surface area contributed by atoms with Crippen LogP contribution in [-0.2, 0) is 25.5 Å². The Morgan fingerprint density at radius 1 is 0.865 bits per heavy atom. The highest BCUT2D eigenvalue weighted by Gasteiger charge is 2.44. The molecule has 2 atom stereocenters. The summed E-state index contributed by atoms with van der Waals surface area (Å²) in [5.74, 6) is 0.848. The van der Waals surface area contributed by atoms with Gasteiger partial charge in [-0.3, -0.25) is 9.59 Å². The SMILES string of the molecule is COC(=O)[C@H]1c2cc(CCCOC(=O)C(C)(C)C)cc(OC)c2O[C@H]1c1cc(OC)c(OC)c(OC)c1. The zero-order valence-electron chi connectivity index (χ0n) is 22.8. The van der Waals surface area contributed by atoms with E-state index >= 15 is 0 Å². The standard InChI is InChI=1S/C28H36O9/c1-28(2,3)27(30)36-11-9-10-16-12-18-22(26(29)35-8)23(37-24(18)19(13-16)31-4)17-14-20(32-5)25(34-7)21(15-17)33-6/h12-15,22-23H,9-11H2,1-8H3/t22-,23-/m0/s1. The van der Waals surface area contributed by atoms with Gasteiger partial charge in [-0.1, -0.05) is 6.07 Å². The number of benzene rings is 2. The van der Waals surface area contributed by atoms with Gasteiger partial charge in [0.15, 0.2) is 23.0 Å². The number of carbonyl (C=O) groups is 2. The lowest BCUT2D eigenvalue weighted by Gasteiger charge is -2.20. The number of carbonyl (C=O) groups excluding carboxylic acids is 2. The van der Waals surface area contributed by atoms with Gasteiger partial charge in [0.2, 0.25) is 5.75 Å². The fraction of sp³-hybridized carbons (Fsp3) is 0.500. The van der Waals surface area contributed by atoms with Gasteiger partial charge in [0.1, 0.15) is 12.0 Å². The molecule has 0 saturated heterocycles. The largest absolute Gasteiger partial charge is 0.493 e. The molecule has 0 unspecified atom stereocenters. The van der Waals surface area contributed by atoms with Crippen LogP contribution in [0.15, 0.2) is 24.3 Å². The fourth-order valence-corrected chi connectivity index (χ4v) is 4.26. The zero-order chi connectivity index (χ0) is 27.3. The molecule has 0 aromatic heterocycles. The van der Waals surface area contributed by atoms with Gasteiger partial charge in [-0.25, -0.2) is 0 Å². The number of fused-ring (bicyclic) bond motifs is 1. The molecule has 37 heavy (non-hydrogen) atoms. The van der Waals surface area contributed by atoms with E-state index in [4.69, 9.17) is 33.2 Å². The van der Waals surface area contributed by atoms with Gasteiger partial charge < -0.3 is 33.2 Å². The Morgan fingerprint density at radius 3 is 2.00 bits per heavy atom. The second kappa shape index (κ2) is 11.6. The predicted molar refractivity (Wildman–Crippen MR) is 136 cm³/mol. The Labute approximate surface area is 217 Å². The summed E-state index contributed by atoms with van der Waals surface area (Å²) >= 11 is 0. The van der Waals surface area contributed by atoms with E-state index in [1.54, 1.807) is 19.2 Å². The third kappa shape index (κ3) is 5.87. The van der Waals surface area contributed by atoms with Crippen molar-refractivity contribution in [2.75, 3.05) is 42.2 Å². The Balaban J connectivity index is 1.95. The van der Waals surface area contributed by atoms with Crippen molar-refractivity contribution in [3.05, 3.63) is 41.0 Å². The molecule has 2 aromatic carbocycles. The number of ether oxygens (including phenoxy) is 7. The van der Waals surface area contributed by atoms with Gasteiger partial charge in [-0.15, -0.1) is 0 Å². The van der Waals surface area contributed by atoms with Gasteiger partial charge in [0.05, 0.1) is 47.6 Å². The minimum atomic E-state index is -0.754. The second-order valence-electron chi connectivity index (χ2n) is 9.70. The molecule has 9 heteroatoms. The van der Waals surface area contributed by atoms with Crippen molar-refractivity contribution in [3.63, 3.8) is 0 Å². The summed E-state index contributed by atoms with van der Waals surface area (Å²) in [5.41, 5.74) is 1.68. The number of aryl methyl sites for hydroxylation is 1. The summed E-state index contributed by atoms with van der Waals surface area (Å²) in [6.07, 6.45) is 0.515. The molecule has 0 fully saturated rings. The molecule has 1 aliphatic heterocycles. The fourth-order valence-electron chi connectivity index (χ4n) is 4.26. The molecule has 2 aromatic rings. The Morgan fingerprint density at radius 2 is 1.49 bits per heavy atom. The number of hydrogen-bond donors (Lipinski definition) is 0. The van der Waals surface area contributed by atoms with Crippen molar-refractivity contribution < 1.29 is 42.7 Å². The molecule has 9 nitrogen and oxygen atoms in total. The van der Waals surface area contributed by atoms with Crippen molar-refractivity contribution in [2.45, 2.75) is 45.6 Å². The van der Waals surface area contributed by atoms with Crippen LogP contribution in [0.3, 0.4) is 0 Å². The van der Waals surface area contributed by atoms with Gasteiger partial charge in [0, 0.05) is 11.1 Å². The van der Waals surface area contributed by atoms with Crippen molar-refractivity contribution in [1.82, 2.24) is 0 Å². The van der Waals surface area contributed by atoms with Gasteiger partial charge >= 0.3 is 11.9 Å². The van der Waals surface area contributed by atoms with E-state index in [0.29, 0.717) is 59.3 Å². The number of methoxy groups -OCH3 is 5. The normalized spacial score (nSPS) is 16.3. The Hall–Kier alpha value is -3.62. The third-order valence-corrected chi connectivity index (χ3v) is 6.17. The summed E-state index contributed by atoms with van der Waals surface area (Å²) in [7, 11) is 7.47. The molecule has 0 N–H and O–H groups in total. The molecule has 0 bridgehead atoms. The van der Waals surface area contributed by atoms with Crippen LogP contribution in [0.1, 0.15) is 55.9 Å². The molecule has 3 rings (SSSR count). The van der Waals surface area contributed by atoms with E-state index in [9.17, 15) is 9.59 Å². The number of hydrogen-bond acceptors (Lipinski definition) is 9. The van der Waals surface area contributed by atoms with Crippen LogP contribution in [0, 0.1) is 5.41 Å². The molecule has 1 aliphatic rings. The van der Waals surface area contributed by atoms with Crippen LogP contribution in [0.4, 0.5) is 0 Å². The highest BCUT2D eigenvalue weighted by Crippen LogP contribution is 2.53. The molecule has 1 heterocycles. The van der Waals surface area contributed by atoms with Gasteiger partial charge in [-0.2, -0.15) is 0 Å². The first-order chi connectivity index (χ1) is 17.6. The van der Waals surface area contributed by atoms with E-state index in [-0.39, 0.29) is 5.97 Å². The van der Waals surface area contributed by atoms with Crippen LogP contribution in [0.25, 0.3) is 0 Å². The second-order valence-corrected chi connectivity index (χ2v) is 9.70. The maximum absolute atomic E-state index is 13.0. The Bertz CT molecular complexity index is 1110. The van der Waals surface area contributed by atoms with E-state index in [0.717, 1.165) is 5.56 Å². The predicted octanol–water partition coefficient (Wildman–Crippen LogP) is 4.63. The lowest BCUT2D eigenvalue weighted by atomic mass is 9.89. The first-order valence-electron chi connectivity index (χ1n) is 12.0. The van der Waals surface area contributed by atoms with E-state index in [1.165, 1.54) is 28.4 Å². The van der Waals surface area contributed by atoms with Gasteiger partial charge in [-0.05, 0) is 57.4 Å². The molecule has 0 amide bonds. The molecule has 0 saturated carbocycles. The monoisotopic (exact) mass is 516 g/mol. The van der Waals surface area contributed by atoms with Crippen LogP contribution < -0.4 is 23.7 Å². The highest BCUT2D eigenvalue weighted by atomic mass is 16.6. The van der Waals surface area contributed by atoms with Crippen molar-refractivity contribution in [2.24, 2.45) is 5.41 Å². The molecule has 0 radical (unpaired) electrons. The number of esters is 2. The molecule has 202 valence electrons. The van der Waals surface area contributed by atoms with Gasteiger partial charge in [0.25, 0.3) is 0 Å². The smallest absolute Gasteiger partial charge is 0.317 e. The van der Waals surface area contributed by atoms with Crippen molar-refractivity contribution >= 4 is 11.9 Å². The summed E-state index contributed by atoms with van der Waals surface area (Å²) in [6, 6.07) is 7.30. The number of rotatable bonds is 10. The minimum absolute atomic E-state index is 0.244. The lowest BCUT2D eigenvalue weighted by molar-refractivity contribution is -0.153. The highest BCUT2D eigenvalue weighted by molar-refractivity contribution is 5.82. The van der Waals surface area contributed by atoms with Crippen molar-refractivity contribution in [1.29, 1.82) is 0 Å². The molecule has 0 spiro atoms. The lowest BCUT2D eigenvalue weighted by Crippen LogP contribution is -2.23. The van der Waals surface area contributed by atoms with Crippen LogP contribution in [0.2, 0.25) is 0 Å². The summed E-state index contributed by atoms with van der Waals surface area (Å²) in [6.45, 7) is 5.74. The Kier molecular flexibility index (Phi) is 8.78. The van der Waals surface area contributed by atoms with Crippen LogP contribution in [0.5, 0.6) is 28.7 Å².